The number of nitriles is 1. The van der Waals surface area contributed by atoms with Gasteiger partial charge in [-0.05, 0) is 25.0 Å². The molecule has 8 nitrogen and oxygen atoms in total. The summed E-state index contributed by atoms with van der Waals surface area (Å²) in [5.74, 6) is 0.631. The Morgan fingerprint density at radius 3 is 2.96 bits per heavy atom. The number of pyridine rings is 1. The van der Waals surface area contributed by atoms with E-state index in [-0.39, 0.29) is 0 Å². The summed E-state index contributed by atoms with van der Waals surface area (Å²) in [5.41, 5.74) is 3.26. The predicted molar refractivity (Wildman–Crippen MR) is 94.4 cm³/mol. The molecule has 0 unspecified atom stereocenters. The molecule has 134 valence electrons. The van der Waals surface area contributed by atoms with Crippen molar-refractivity contribution in [3.8, 4) is 17.6 Å². The fourth-order valence-electron chi connectivity index (χ4n) is 2.97. The normalized spacial score (nSPS) is 11.0. The minimum atomic E-state index is -0.407. The first-order chi connectivity index (χ1) is 13.3. The Morgan fingerprint density at radius 1 is 1.19 bits per heavy atom. The van der Waals surface area contributed by atoms with Crippen molar-refractivity contribution in [1.29, 1.82) is 5.26 Å². The molecule has 4 aromatic rings. The van der Waals surface area contributed by atoms with Crippen LogP contribution < -0.4 is 0 Å². The summed E-state index contributed by atoms with van der Waals surface area (Å²) in [6, 6.07) is 7.25. The summed E-state index contributed by atoms with van der Waals surface area (Å²) in [4.78, 5) is 17.5. The molecule has 4 heterocycles. The Morgan fingerprint density at radius 2 is 2.11 bits per heavy atom. The third-order valence-electron chi connectivity index (χ3n) is 4.20. The molecule has 0 aliphatic heterocycles. The molecule has 0 aliphatic rings. The fraction of sp³-hybridized carbons (Fsp3) is 0.222. The summed E-state index contributed by atoms with van der Waals surface area (Å²) < 4.78 is 16.2. The smallest absolute Gasteiger partial charge is 0.162 e. The van der Waals surface area contributed by atoms with Crippen molar-refractivity contribution in [2.45, 2.75) is 19.4 Å². The third-order valence-corrected chi connectivity index (χ3v) is 4.20. The van der Waals surface area contributed by atoms with E-state index in [0.29, 0.717) is 42.2 Å². The van der Waals surface area contributed by atoms with Crippen LogP contribution in [0, 0.1) is 11.3 Å². The maximum Gasteiger partial charge on any atom is 0.162 e. The lowest BCUT2D eigenvalue weighted by Crippen LogP contribution is -2.10. The lowest BCUT2D eigenvalue weighted by Gasteiger charge is -2.12. The van der Waals surface area contributed by atoms with Gasteiger partial charge in [0.05, 0.1) is 18.9 Å². The largest absolute Gasteiger partial charge is 0.324 e. The minimum Gasteiger partial charge on any atom is -0.324 e. The summed E-state index contributed by atoms with van der Waals surface area (Å²) in [6.07, 6.45) is 7.47. The van der Waals surface area contributed by atoms with Crippen LogP contribution in [0.15, 0.2) is 43.2 Å². The van der Waals surface area contributed by atoms with Gasteiger partial charge in [-0.2, -0.15) is 10.4 Å². The molecule has 0 N–H and O–H groups in total. The highest BCUT2D eigenvalue weighted by Crippen LogP contribution is 2.20. The van der Waals surface area contributed by atoms with Crippen LogP contribution in [0.3, 0.4) is 0 Å². The Hall–Kier alpha value is -3.67. The van der Waals surface area contributed by atoms with Crippen molar-refractivity contribution >= 4 is 5.65 Å². The maximum absolute atomic E-state index is 12.8. The minimum absolute atomic E-state index is 0.327. The van der Waals surface area contributed by atoms with Crippen LogP contribution in [0.4, 0.5) is 4.39 Å². The van der Waals surface area contributed by atoms with E-state index in [1.54, 1.807) is 35.2 Å². The molecule has 4 aromatic heterocycles. The van der Waals surface area contributed by atoms with Gasteiger partial charge in [-0.3, -0.25) is 4.39 Å². The number of hydrogen-bond donors (Lipinski definition) is 0. The van der Waals surface area contributed by atoms with Crippen molar-refractivity contribution in [3.63, 3.8) is 0 Å². The van der Waals surface area contributed by atoms with Crippen molar-refractivity contribution in [2.24, 2.45) is 0 Å². The molecule has 0 fully saturated rings. The Bertz CT molecular complexity index is 1120. The van der Waals surface area contributed by atoms with E-state index >= 15 is 0 Å². The van der Waals surface area contributed by atoms with Gasteiger partial charge in [0.2, 0.25) is 0 Å². The van der Waals surface area contributed by atoms with E-state index in [1.165, 1.54) is 6.33 Å². The number of fused-ring (bicyclic) bond motifs is 1. The highest BCUT2D eigenvalue weighted by atomic mass is 19.1. The van der Waals surface area contributed by atoms with Gasteiger partial charge in [0.1, 0.15) is 30.1 Å². The molecular formula is C18H15FN8. The maximum atomic E-state index is 12.8. The van der Waals surface area contributed by atoms with E-state index in [0.717, 1.165) is 11.3 Å². The lowest BCUT2D eigenvalue weighted by molar-refractivity contribution is 0.472. The molecule has 0 radical (unpaired) electrons. The molecule has 0 bridgehead atoms. The molecule has 0 aromatic carbocycles. The fourth-order valence-corrected chi connectivity index (χ4v) is 2.97. The van der Waals surface area contributed by atoms with Gasteiger partial charge in [0, 0.05) is 18.0 Å². The molecule has 0 saturated carbocycles. The van der Waals surface area contributed by atoms with Crippen molar-refractivity contribution in [1.82, 2.24) is 34.1 Å². The number of alkyl halides is 1. The summed E-state index contributed by atoms with van der Waals surface area (Å²) in [6.45, 7) is 0.0224. The lowest BCUT2D eigenvalue weighted by atomic mass is 10.1. The number of nitrogens with zero attached hydrogens (tertiary/aromatic N) is 8. The zero-order valence-electron chi connectivity index (χ0n) is 14.3. The highest BCUT2D eigenvalue weighted by molar-refractivity contribution is 5.52. The van der Waals surface area contributed by atoms with Gasteiger partial charge in [-0.1, -0.05) is 6.07 Å². The van der Waals surface area contributed by atoms with Crippen LogP contribution in [-0.4, -0.2) is 40.8 Å². The number of aromatic nitrogens is 7. The van der Waals surface area contributed by atoms with Gasteiger partial charge in [0.25, 0.3) is 0 Å². The van der Waals surface area contributed by atoms with Crippen LogP contribution in [0.2, 0.25) is 0 Å². The van der Waals surface area contributed by atoms with E-state index in [1.807, 2.05) is 16.8 Å². The molecule has 4 rings (SSSR count). The molecule has 0 spiro atoms. The average Bonchev–Trinajstić information content (AvgIpc) is 3.36. The summed E-state index contributed by atoms with van der Waals surface area (Å²) in [5, 5.41) is 13.2. The van der Waals surface area contributed by atoms with E-state index in [4.69, 9.17) is 5.26 Å². The number of hydrogen-bond acceptors (Lipinski definition) is 6. The first-order valence-corrected chi connectivity index (χ1v) is 8.41. The summed E-state index contributed by atoms with van der Waals surface area (Å²) in [7, 11) is 0. The second-order valence-corrected chi connectivity index (χ2v) is 5.89. The second kappa shape index (κ2) is 7.29. The first-order valence-electron chi connectivity index (χ1n) is 8.41. The molecule has 0 saturated heterocycles. The highest BCUT2D eigenvalue weighted by Gasteiger charge is 2.15. The monoisotopic (exact) mass is 362 g/mol. The molecule has 27 heavy (non-hydrogen) atoms. The topological polar surface area (TPSA) is 97.6 Å². The van der Waals surface area contributed by atoms with Crippen LogP contribution >= 0.6 is 0 Å². The average molecular weight is 362 g/mol. The van der Waals surface area contributed by atoms with Crippen LogP contribution in [0.25, 0.3) is 17.2 Å². The van der Waals surface area contributed by atoms with Gasteiger partial charge < -0.3 is 4.57 Å². The number of rotatable bonds is 6. The predicted octanol–water partition coefficient (Wildman–Crippen LogP) is 2.20. The number of halogens is 1. The van der Waals surface area contributed by atoms with Crippen molar-refractivity contribution in [3.05, 3.63) is 60.2 Å². The standard InChI is InChI=1S/C18H15FN8/c19-6-2-4-14-16(23-12-27-17(14)22-11-24-27)10-26-8-7-21-18(26)15-5-1-3-13(9-20)25-15/h1,3,5,7-8,11-12H,2,4,6,10H2. The molecule has 0 amide bonds. The van der Waals surface area contributed by atoms with E-state index in [9.17, 15) is 4.39 Å². The quantitative estimate of drug-likeness (QED) is 0.522. The molecule has 9 heteroatoms. The van der Waals surface area contributed by atoms with Gasteiger partial charge in [-0.15, -0.1) is 0 Å². The van der Waals surface area contributed by atoms with Crippen molar-refractivity contribution < 1.29 is 4.39 Å². The Kier molecular flexibility index (Phi) is 4.53. The molecular weight excluding hydrogens is 347 g/mol. The van der Waals surface area contributed by atoms with Gasteiger partial charge in [-0.25, -0.2) is 24.5 Å². The Balaban J connectivity index is 1.73. The molecule has 0 aliphatic carbocycles. The van der Waals surface area contributed by atoms with E-state index < -0.39 is 6.67 Å². The van der Waals surface area contributed by atoms with Crippen LogP contribution in [0.5, 0.6) is 0 Å². The third kappa shape index (κ3) is 3.25. The zero-order valence-corrected chi connectivity index (χ0v) is 14.3. The van der Waals surface area contributed by atoms with Crippen LogP contribution in [-0.2, 0) is 13.0 Å². The van der Waals surface area contributed by atoms with Crippen molar-refractivity contribution in [2.75, 3.05) is 6.67 Å². The SMILES string of the molecule is N#Cc1cccc(-c2nccn2Cc2ncn3ncnc3c2CCCF)n1. The Labute approximate surface area is 154 Å². The van der Waals surface area contributed by atoms with E-state index in [2.05, 4.69) is 25.0 Å². The number of imidazole rings is 1. The summed E-state index contributed by atoms with van der Waals surface area (Å²) >= 11 is 0. The van der Waals surface area contributed by atoms with Gasteiger partial charge >= 0.3 is 0 Å². The molecule has 0 atom stereocenters. The zero-order chi connectivity index (χ0) is 18.6. The first kappa shape index (κ1) is 16.8. The number of aryl methyl sites for hydroxylation is 1. The van der Waals surface area contributed by atoms with Crippen LogP contribution in [0.1, 0.15) is 23.4 Å². The van der Waals surface area contributed by atoms with Gasteiger partial charge in [0.15, 0.2) is 11.5 Å². The second-order valence-electron chi connectivity index (χ2n) is 5.89.